The van der Waals surface area contributed by atoms with Gasteiger partial charge in [0.1, 0.15) is 11.4 Å². The Hall–Kier alpha value is -3.52. The number of nitrogens with zero attached hydrogens (tertiary/aromatic N) is 2. The van der Waals surface area contributed by atoms with Gasteiger partial charge in [-0.1, -0.05) is 11.6 Å². The number of primary amides is 1. The van der Waals surface area contributed by atoms with Crippen LogP contribution in [0, 0.1) is 5.82 Å². The number of halogens is 2. The molecule has 7 nitrogen and oxygen atoms in total. The first-order chi connectivity index (χ1) is 14.2. The Labute approximate surface area is 176 Å². The first-order valence-electron chi connectivity index (χ1n) is 8.82. The molecular weight excluding hydrogens is 413 g/mol. The van der Waals surface area contributed by atoms with Crippen LogP contribution >= 0.6 is 11.6 Å². The number of aromatic nitrogens is 2. The highest BCUT2D eigenvalue weighted by atomic mass is 35.5. The highest BCUT2D eigenvalue weighted by molar-refractivity contribution is 6.30. The molecule has 0 spiro atoms. The van der Waals surface area contributed by atoms with Gasteiger partial charge >= 0.3 is 0 Å². The van der Waals surface area contributed by atoms with Crippen LogP contribution in [-0.2, 0) is 4.79 Å². The van der Waals surface area contributed by atoms with E-state index in [-0.39, 0.29) is 34.0 Å². The molecule has 0 saturated heterocycles. The Morgan fingerprint density at radius 2 is 1.80 bits per heavy atom. The Morgan fingerprint density at radius 3 is 2.40 bits per heavy atom. The second-order valence-corrected chi connectivity index (χ2v) is 6.79. The zero-order valence-electron chi connectivity index (χ0n) is 16.1. The van der Waals surface area contributed by atoms with Gasteiger partial charge in [0.15, 0.2) is 29.3 Å². The number of ketones is 1. The monoisotopic (exact) mass is 429 g/mol. The average molecular weight is 430 g/mol. The van der Waals surface area contributed by atoms with Gasteiger partial charge in [0.2, 0.25) is 5.88 Å². The minimum atomic E-state index is -0.767. The standard InChI is InChI=1S/C21H17ClFN3O4/c1-11(27)12(2)29-19-10-17(20(24)28)25-21(26-19)13-3-6-15(7-4-13)30-18-8-5-14(22)9-16(18)23/h3-10,12H,1-2H3,(H2,24,28)/t12-/m0/s1. The zero-order valence-corrected chi connectivity index (χ0v) is 16.8. The molecule has 1 heterocycles. The van der Waals surface area contributed by atoms with Crippen LogP contribution in [0.5, 0.6) is 17.4 Å². The molecule has 0 aliphatic carbocycles. The number of nitrogens with two attached hydrogens (primary N) is 1. The lowest BCUT2D eigenvalue weighted by Gasteiger charge is -2.12. The van der Waals surface area contributed by atoms with Crippen LogP contribution in [0.25, 0.3) is 11.4 Å². The highest BCUT2D eigenvalue weighted by Gasteiger charge is 2.16. The maximum atomic E-state index is 13.9. The molecule has 0 unspecified atom stereocenters. The van der Waals surface area contributed by atoms with E-state index in [1.165, 1.54) is 25.1 Å². The summed E-state index contributed by atoms with van der Waals surface area (Å²) in [6, 6.07) is 11.8. The fraction of sp³-hybridized carbons (Fsp3) is 0.143. The summed E-state index contributed by atoms with van der Waals surface area (Å²) in [5, 5.41) is 0.263. The summed E-state index contributed by atoms with van der Waals surface area (Å²) in [5.41, 5.74) is 5.81. The zero-order chi connectivity index (χ0) is 21.8. The summed E-state index contributed by atoms with van der Waals surface area (Å²) >= 11 is 5.73. The van der Waals surface area contributed by atoms with Crippen molar-refractivity contribution in [3.8, 4) is 28.8 Å². The molecular formula is C21H17ClFN3O4. The van der Waals surface area contributed by atoms with Crippen molar-refractivity contribution < 1.29 is 23.5 Å². The van der Waals surface area contributed by atoms with Gasteiger partial charge in [-0.15, -0.1) is 0 Å². The van der Waals surface area contributed by atoms with E-state index in [1.807, 2.05) is 0 Å². The summed E-state index contributed by atoms with van der Waals surface area (Å²) < 4.78 is 24.9. The van der Waals surface area contributed by atoms with Gasteiger partial charge < -0.3 is 15.2 Å². The van der Waals surface area contributed by atoms with E-state index in [9.17, 15) is 14.0 Å². The van der Waals surface area contributed by atoms with Crippen molar-refractivity contribution in [2.45, 2.75) is 20.0 Å². The molecule has 3 aromatic rings. The molecule has 1 aromatic heterocycles. The molecule has 3 rings (SSSR count). The normalized spacial score (nSPS) is 11.6. The molecule has 0 aliphatic heterocycles. The largest absolute Gasteiger partial charge is 0.467 e. The fourth-order valence-corrected chi connectivity index (χ4v) is 2.52. The minimum Gasteiger partial charge on any atom is -0.467 e. The van der Waals surface area contributed by atoms with Crippen molar-refractivity contribution in [2.75, 3.05) is 0 Å². The van der Waals surface area contributed by atoms with Crippen molar-refractivity contribution in [1.29, 1.82) is 0 Å². The third kappa shape index (κ3) is 5.09. The van der Waals surface area contributed by atoms with Crippen LogP contribution in [0.3, 0.4) is 0 Å². The number of hydrogen-bond donors (Lipinski definition) is 1. The maximum Gasteiger partial charge on any atom is 0.267 e. The SMILES string of the molecule is CC(=O)[C@H](C)Oc1cc(C(N)=O)nc(-c2ccc(Oc3ccc(Cl)cc3F)cc2)n1. The molecule has 2 N–H and O–H groups in total. The van der Waals surface area contributed by atoms with Gasteiger partial charge in [0.25, 0.3) is 5.91 Å². The van der Waals surface area contributed by atoms with Crippen LogP contribution in [0.2, 0.25) is 5.02 Å². The summed E-state index contributed by atoms with van der Waals surface area (Å²) in [6.45, 7) is 2.94. The van der Waals surface area contributed by atoms with Crippen LogP contribution in [0.4, 0.5) is 4.39 Å². The summed E-state index contributed by atoms with van der Waals surface area (Å²) in [7, 11) is 0. The number of Topliss-reactive ketones (excluding diaryl/α,β-unsaturated/α-hetero) is 1. The maximum absolute atomic E-state index is 13.9. The first-order valence-corrected chi connectivity index (χ1v) is 9.20. The number of ether oxygens (including phenoxy) is 2. The summed E-state index contributed by atoms with van der Waals surface area (Å²) in [6.07, 6.45) is -0.751. The Kier molecular flexibility index (Phi) is 6.27. The lowest BCUT2D eigenvalue weighted by Crippen LogP contribution is -2.22. The van der Waals surface area contributed by atoms with Crippen molar-refractivity contribution in [2.24, 2.45) is 5.73 Å². The molecule has 0 aliphatic rings. The molecule has 0 fully saturated rings. The lowest BCUT2D eigenvalue weighted by atomic mass is 10.2. The predicted molar refractivity (Wildman–Crippen MR) is 108 cm³/mol. The van der Waals surface area contributed by atoms with Gasteiger partial charge in [-0.3, -0.25) is 9.59 Å². The Balaban J connectivity index is 1.88. The van der Waals surface area contributed by atoms with Crippen molar-refractivity contribution in [3.63, 3.8) is 0 Å². The van der Waals surface area contributed by atoms with Crippen molar-refractivity contribution in [1.82, 2.24) is 9.97 Å². The van der Waals surface area contributed by atoms with Gasteiger partial charge in [-0.25, -0.2) is 9.37 Å². The van der Waals surface area contributed by atoms with E-state index < -0.39 is 17.8 Å². The third-order valence-electron chi connectivity index (χ3n) is 4.06. The molecule has 9 heteroatoms. The molecule has 2 aromatic carbocycles. The number of hydrogen-bond acceptors (Lipinski definition) is 6. The van der Waals surface area contributed by atoms with E-state index >= 15 is 0 Å². The summed E-state index contributed by atoms with van der Waals surface area (Å²) in [5.74, 6) is -0.962. The number of amides is 1. The van der Waals surface area contributed by atoms with Gasteiger partial charge in [0.05, 0.1) is 0 Å². The molecule has 0 radical (unpaired) electrons. The molecule has 0 bridgehead atoms. The number of benzene rings is 2. The molecule has 1 atom stereocenters. The van der Waals surface area contributed by atoms with Crippen molar-refractivity contribution >= 4 is 23.3 Å². The number of rotatable bonds is 7. The van der Waals surface area contributed by atoms with Crippen LogP contribution in [0.15, 0.2) is 48.5 Å². The Morgan fingerprint density at radius 1 is 1.10 bits per heavy atom. The highest BCUT2D eigenvalue weighted by Crippen LogP contribution is 2.28. The van der Waals surface area contributed by atoms with Crippen LogP contribution < -0.4 is 15.2 Å². The fourth-order valence-electron chi connectivity index (χ4n) is 2.36. The average Bonchev–Trinajstić information content (AvgIpc) is 2.70. The summed E-state index contributed by atoms with van der Waals surface area (Å²) in [4.78, 5) is 31.4. The van der Waals surface area contributed by atoms with Gasteiger partial charge in [-0.2, -0.15) is 4.98 Å². The van der Waals surface area contributed by atoms with E-state index in [0.29, 0.717) is 11.3 Å². The van der Waals surface area contributed by atoms with Gasteiger partial charge in [0, 0.05) is 16.7 Å². The van der Waals surface area contributed by atoms with E-state index in [4.69, 9.17) is 26.8 Å². The number of carbonyl (C=O) groups is 2. The Bertz CT molecular complexity index is 1110. The topological polar surface area (TPSA) is 104 Å². The predicted octanol–water partition coefficient (Wildman–Crippen LogP) is 4.18. The van der Waals surface area contributed by atoms with E-state index in [2.05, 4.69) is 9.97 Å². The molecule has 1 amide bonds. The molecule has 30 heavy (non-hydrogen) atoms. The van der Waals surface area contributed by atoms with E-state index in [0.717, 1.165) is 6.07 Å². The van der Waals surface area contributed by atoms with Crippen molar-refractivity contribution in [3.05, 3.63) is 65.1 Å². The quantitative estimate of drug-likeness (QED) is 0.604. The minimum absolute atomic E-state index is 0.0213. The smallest absolute Gasteiger partial charge is 0.267 e. The third-order valence-corrected chi connectivity index (χ3v) is 4.29. The molecule has 154 valence electrons. The van der Waals surface area contributed by atoms with Crippen LogP contribution in [0.1, 0.15) is 24.3 Å². The number of carbonyl (C=O) groups excluding carboxylic acids is 2. The second-order valence-electron chi connectivity index (χ2n) is 6.35. The molecule has 0 saturated carbocycles. The van der Waals surface area contributed by atoms with Crippen LogP contribution in [-0.4, -0.2) is 27.8 Å². The van der Waals surface area contributed by atoms with Gasteiger partial charge in [-0.05, 0) is 56.3 Å². The lowest BCUT2D eigenvalue weighted by molar-refractivity contribution is -0.123. The van der Waals surface area contributed by atoms with E-state index in [1.54, 1.807) is 31.2 Å². The first kappa shape index (κ1) is 21.2. The second kappa shape index (κ2) is 8.87.